The molecular formula is C13H17FN2. The van der Waals surface area contributed by atoms with Gasteiger partial charge >= 0.3 is 0 Å². The van der Waals surface area contributed by atoms with E-state index in [0.717, 1.165) is 17.7 Å². The molecule has 2 nitrogen and oxygen atoms in total. The third-order valence-corrected chi connectivity index (χ3v) is 2.57. The minimum Gasteiger partial charge on any atom is -0.385 e. The Hall–Kier alpha value is -1.56. The second-order valence-corrected chi connectivity index (χ2v) is 4.63. The van der Waals surface area contributed by atoms with Crippen LogP contribution in [0.15, 0.2) is 18.2 Å². The van der Waals surface area contributed by atoms with Crippen molar-refractivity contribution in [2.45, 2.75) is 27.2 Å². The molecule has 86 valence electrons. The molecule has 0 aliphatic rings. The molecule has 16 heavy (non-hydrogen) atoms. The van der Waals surface area contributed by atoms with Crippen molar-refractivity contribution in [1.82, 2.24) is 0 Å². The predicted molar refractivity (Wildman–Crippen MR) is 63.6 cm³/mol. The molecule has 0 heterocycles. The fraction of sp³-hybridized carbons (Fsp3) is 0.462. The Morgan fingerprint density at radius 3 is 2.75 bits per heavy atom. The Balaban J connectivity index is 2.56. The monoisotopic (exact) mass is 220 g/mol. The molecule has 0 spiro atoms. The van der Waals surface area contributed by atoms with E-state index in [1.165, 1.54) is 12.1 Å². The van der Waals surface area contributed by atoms with E-state index in [9.17, 15) is 4.39 Å². The lowest BCUT2D eigenvalue weighted by Crippen LogP contribution is -2.15. The van der Waals surface area contributed by atoms with Crippen molar-refractivity contribution in [3.05, 3.63) is 29.6 Å². The highest BCUT2D eigenvalue weighted by Crippen LogP contribution is 2.20. The zero-order valence-corrected chi connectivity index (χ0v) is 9.97. The van der Waals surface area contributed by atoms with Gasteiger partial charge in [-0.2, -0.15) is 5.26 Å². The van der Waals surface area contributed by atoms with Crippen molar-refractivity contribution in [3.63, 3.8) is 0 Å². The van der Waals surface area contributed by atoms with Crippen LogP contribution in [0, 0.1) is 29.5 Å². The minimum absolute atomic E-state index is 0.243. The second kappa shape index (κ2) is 4.98. The highest BCUT2D eigenvalue weighted by atomic mass is 19.1. The molecular weight excluding hydrogens is 203 g/mol. The van der Waals surface area contributed by atoms with Crippen LogP contribution in [0.2, 0.25) is 0 Å². The number of halogens is 1. The van der Waals surface area contributed by atoms with Crippen LogP contribution >= 0.6 is 0 Å². The molecule has 0 atom stereocenters. The van der Waals surface area contributed by atoms with E-state index in [1.54, 1.807) is 6.07 Å². The molecule has 0 unspecified atom stereocenters. The molecule has 0 aliphatic carbocycles. The number of nitrogens with one attached hydrogen (secondary N) is 1. The third kappa shape index (κ3) is 3.54. The molecule has 1 aromatic rings. The number of anilines is 1. The Morgan fingerprint density at radius 2 is 2.12 bits per heavy atom. The summed E-state index contributed by atoms with van der Waals surface area (Å²) in [6.07, 6.45) is 0.736. The predicted octanol–water partition coefficient (Wildman–Crippen LogP) is 3.49. The highest BCUT2D eigenvalue weighted by Gasteiger charge is 2.15. The van der Waals surface area contributed by atoms with Gasteiger partial charge in [0, 0.05) is 12.2 Å². The lowest BCUT2D eigenvalue weighted by molar-refractivity contribution is 0.466. The van der Waals surface area contributed by atoms with Crippen LogP contribution in [0.4, 0.5) is 10.1 Å². The number of rotatable bonds is 4. The van der Waals surface area contributed by atoms with E-state index in [-0.39, 0.29) is 11.2 Å². The maximum absolute atomic E-state index is 13.0. The van der Waals surface area contributed by atoms with Gasteiger partial charge in [0.2, 0.25) is 0 Å². The first-order valence-electron chi connectivity index (χ1n) is 5.36. The first-order chi connectivity index (χ1) is 7.44. The Morgan fingerprint density at radius 1 is 1.44 bits per heavy atom. The van der Waals surface area contributed by atoms with Gasteiger partial charge in [-0.3, -0.25) is 0 Å². The summed E-state index contributed by atoms with van der Waals surface area (Å²) in [6, 6.07) is 6.91. The topological polar surface area (TPSA) is 35.8 Å². The summed E-state index contributed by atoms with van der Waals surface area (Å²) in [6.45, 7) is 6.39. The molecule has 0 aromatic heterocycles. The lowest BCUT2D eigenvalue weighted by Gasteiger charge is -2.16. The van der Waals surface area contributed by atoms with Gasteiger partial charge in [-0.1, -0.05) is 6.07 Å². The van der Waals surface area contributed by atoms with E-state index >= 15 is 0 Å². The molecule has 0 bridgehead atoms. The fourth-order valence-electron chi connectivity index (χ4n) is 1.35. The van der Waals surface area contributed by atoms with Crippen LogP contribution in [-0.2, 0) is 0 Å². The van der Waals surface area contributed by atoms with Crippen molar-refractivity contribution < 1.29 is 4.39 Å². The molecule has 1 aromatic carbocycles. The Bertz CT molecular complexity index is 405. The van der Waals surface area contributed by atoms with Gasteiger partial charge in [-0.15, -0.1) is 0 Å². The molecule has 0 radical (unpaired) electrons. The maximum atomic E-state index is 13.0. The van der Waals surface area contributed by atoms with Crippen molar-refractivity contribution in [3.8, 4) is 6.07 Å². The van der Waals surface area contributed by atoms with E-state index in [2.05, 4.69) is 11.4 Å². The van der Waals surface area contributed by atoms with Crippen LogP contribution < -0.4 is 5.32 Å². The van der Waals surface area contributed by atoms with Crippen LogP contribution in [0.3, 0.4) is 0 Å². The molecule has 1 rings (SSSR count). The zero-order valence-electron chi connectivity index (χ0n) is 9.97. The van der Waals surface area contributed by atoms with Gasteiger partial charge in [-0.25, -0.2) is 4.39 Å². The second-order valence-electron chi connectivity index (χ2n) is 4.63. The average molecular weight is 220 g/mol. The van der Waals surface area contributed by atoms with E-state index in [4.69, 9.17) is 5.26 Å². The molecule has 0 amide bonds. The smallest absolute Gasteiger partial charge is 0.125 e. The first-order valence-corrected chi connectivity index (χ1v) is 5.36. The van der Waals surface area contributed by atoms with E-state index < -0.39 is 0 Å². The Kier molecular flexibility index (Phi) is 3.89. The van der Waals surface area contributed by atoms with Gasteiger partial charge in [0.05, 0.1) is 11.5 Å². The SMILES string of the molecule is Cc1ccc(F)cc1NCCC(C)(C)C#N. The summed E-state index contributed by atoms with van der Waals surface area (Å²) in [5.41, 5.74) is 1.47. The summed E-state index contributed by atoms with van der Waals surface area (Å²) in [7, 11) is 0. The highest BCUT2D eigenvalue weighted by molar-refractivity contribution is 5.50. The van der Waals surface area contributed by atoms with Crippen molar-refractivity contribution in [2.24, 2.45) is 5.41 Å². The number of aryl methyl sites for hydroxylation is 1. The normalized spacial score (nSPS) is 10.9. The summed E-state index contributed by atoms with van der Waals surface area (Å²) in [5, 5.41) is 12.0. The van der Waals surface area contributed by atoms with Crippen LogP contribution in [0.5, 0.6) is 0 Å². The number of hydrogen-bond acceptors (Lipinski definition) is 2. The minimum atomic E-state index is -0.339. The molecule has 0 fully saturated rings. The fourth-order valence-corrected chi connectivity index (χ4v) is 1.35. The van der Waals surface area contributed by atoms with E-state index in [1.807, 2.05) is 20.8 Å². The van der Waals surface area contributed by atoms with Gasteiger partial charge in [0.1, 0.15) is 5.82 Å². The third-order valence-electron chi connectivity index (χ3n) is 2.57. The van der Waals surface area contributed by atoms with Crippen molar-refractivity contribution >= 4 is 5.69 Å². The van der Waals surface area contributed by atoms with Gasteiger partial charge in [-0.05, 0) is 44.9 Å². The van der Waals surface area contributed by atoms with Crippen LogP contribution in [-0.4, -0.2) is 6.54 Å². The van der Waals surface area contributed by atoms with Crippen LogP contribution in [0.25, 0.3) is 0 Å². The largest absolute Gasteiger partial charge is 0.385 e. The average Bonchev–Trinajstić information content (AvgIpc) is 2.23. The molecule has 0 saturated carbocycles. The zero-order chi connectivity index (χ0) is 12.2. The summed E-state index contributed by atoms with van der Waals surface area (Å²) >= 11 is 0. The quantitative estimate of drug-likeness (QED) is 0.843. The van der Waals surface area contributed by atoms with Gasteiger partial charge in [0.15, 0.2) is 0 Å². The number of nitriles is 1. The summed E-state index contributed by atoms with van der Waals surface area (Å²) in [5.74, 6) is -0.243. The van der Waals surface area contributed by atoms with E-state index in [0.29, 0.717) is 6.54 Å². The standard InChI is InChI=1S/C13H17FN2/c1-10-4-5-11(14)8-12(10)16-7-6-13(2,3)9-15/h4-5,8,16H,6-7H2,1-3H3. The van der Waals surface area contributed by atoms with Gasteiger partial charge in [0.25, 0.3) is 0 Å². The lowest BCUT2D eigenvalue weighted by atomic mass is 9.91. The van der Waals surface area contributed by atoms with Gasteiger partial charge < -0.3 is 5.32 Å². The molecule has 1 N–H and O–H groups in total. The maximum Gasteiger partial charge on any atom is 0.125 e. The summed E-state index contributed by atoms with van der Waals surface area (Å²) < 4.78 is 13.0. The number of nitrogens with zero attached hydrogens (tertiary/aromatic N) is 1. The molecule has 0 aliphatic heterocycles. The Labute approximate surface area is 96.1 Å². The van der Waals surface area contributed by atoms with Crippen molar-refractivity contribution in [2.75, 3.05) is 11.9 Å². The molecule has 3 heteroatoms. The first kappa shape index (κ1) is 12.5. The number of hydrogen-bond donors (Lipinski definition) is 1. The summed E-state index contributed by atoms with van der Waals surface area (Å²) in [4.78, 5) is 0. The van der Waals surface area contributed by atoms with Crippen molar-refractivity contribution in [1.29, 1.82) is 5.26 Å². The van der Waals surface area contributed by atoms with Crippen LogP contribution in [0.1, 0.15) is 25.8 Å². The number of benzene rings is 1. The molecule has 0 saturated heterocycles.